The first-order valence-corrected chi connectivity index (χ1v) is 25.7. The number of ether oxygens (including phenoxy) is 2. The Labute approximate surface area is 440 Å². The number of aromatic nitrogens is 2. The third-order valence-electron chi connectivity index (χ3n) is 14.9. The van der Waals surface area contributed by atoms with Crippen molar-refractivity contribution in [3.63, 3.8) is 0 Å². The summed E-state index contributed by atoms with van der Waals surface area (Å²) in [6, 6.07) is 10.0. The molecule has 1 aliphatic carbocycles. The number of benzene rings is 2. The van der Waals surface area contributed by atoms with Crippen LogP contribution in [0.4, 0.5) is 4.39 Å². The Morgan fingerprint density at radius 2 is 1.58 bits per heavy atom. The Bertz CT molecular complexity index is 3200. The number of aliphatic hydroxyl groups is 1. The summed E-state index contributed by atoms with van der Waals surface area (Å²) in [4.78, 5) is 136. The van der Waals surface area contributed by atoms with Crippen LogP contribution in [0.15, 0.2) is 59.4 Å². The van der Waals surface area contributed by atoms with E-state index in [9.17, 15) is 53.1 Å². The van der Waals surface area contributed by atoms with Gasteiger partial charge in [0.1, 0.15) is 31.3 Å². The molecule has 4 aromatic rings. The molecular formula is C54H58FN9O13. The molecule has 8 amide bonds. The maximum absolute atomic E-state index is 15.5. The van der Waals surface area contributed by atoms with Crippen molar-refractivity contribution < 1.29 is 62.1 Å². The van der Waals surface area contributed by atoms with E-state index in [1.165, 1.54) is 22.8 Å². The van der Waals surface area contributed by atoms with Gasteiger partial charge < -0.3 is 50.6 Å². The van der Waals surface area contributed by atoms with Crippen molar-refractivity contribution >= 4 is 64.1 Å². The Morgan fingerprint density at radius 1 is 0.870 bits per heavy atom. The summed E-state index contributed by atoms with van der Waals surface area (Å²) in [5.74, 6) is -5.51. The second-order valence-electron chi connectivity index (χ2n) is 19.6. The number of esters is 1. The number of carbonyl (C=O) groups is 9. The number of nitrogens with one attached hydrogen (secondary N) is 5. The molecule has 9 rings (SSSR count). The smallest absolute Gasteiger partial charge is 0.343 e. The van der Waals surface area contributed by atoms with Gasteiger partial charge >= 0.3 is 5.97 Å². The molecule has 0 bridgehead atoms. The highest BCUT2D eigenvalue weighted by molar-refractivity contribution is 6.12. The standard InChI is InChI=1S/C54H58FN9O13/c1-3-54(75)34-21-39-49-32(26-64(39)51(72)33(34)27-76-53(54)74)48-38(14-13-31-29(2)35(55)22-36(61-49)47(31)48)62-19-17-40(52(62)73)77-28-59-43(67)24-58-50(71)37(20-30-10-6-4-7-11-30)60-44(68)25-57-42(66)23-56-41(65)12-8-5-9-18-63-45(69)15-16-46(63)70/h4,6-7,10-11,15-16,21-22,37-38,40,75H,3,5,8-9,12-14,17-20,23-28H2,1-2H3,(H,56,65)(H,57,66)(H,58,71)(H,59,67)(H,60,68)/t37-,38-,40?,54-/m0/s1. The third kappa shape index (κ3) is 10.9. The molecule has 0 radical (unpaired) electrons. The number of likely N-dealkylation sites (tertiary alicyclic amines) is 1. The fraction of sp³-hybridized carbons (Fsp3) is 0.426. The van der Waals surface area contributed by atoms with Crippen LogP contribution in [0, 0.1) is 12.7 Å². The quantitative estimate of drug-likeness (QED) is 0.0256. The molecule has 6 heterocycles. The molecule has 77 heavy (non-hydrogen) atoms. The van der Waals surface area contributed by atoms with Gasteiger partial charge in [0.2, 0.25) is 29.5 Å². The van der Waals surface area contributed by atoms with E-state index in [1.807, 2.05) is 0 Å². The SMILES string of the molecule is CC[C@@]1(O)C(=O)OCc2c1cc1n(c2=O)Cc2c-1nc1cc(F)c(C)c3c1c2[C@@H](N1CCC(OCNC(=O)CNC(=O)[C@H](Cc2ccccc2)NC(=O)CNC(=O)CNC(=O)CCCCCN2C(=O)C=CC2=O)C1=O)CC3. The molecule has 4 atom stereocenters. The number of amides is 8. The van der Waals surface area contributed by atoms with E-state index in [4.69, 9.17) is 14.5 Å². The van der Waals surface area contributed by atoms with E-state index in [-0.39, 0.29) is 87.5 Å². The van der Waals surface area contributed by atoms with E-state index < -0.39 is 90.3 Å². The highest BCUT2D eigenvalue weighted by Crippen LogP contribution is 2.48. The van der Waals surface area contributed by atoms with Gasteiger partial charge in [-0.2, -0.15) is 0 Å². The Hall–Kier alpha value is -8.18. The number of aryl methyl sites for hydroxylation is 1. The van der Waals surface area contributed by atoms with Crippen molar-refractivity contribution in [2.75, 3.05) is 39.5 Å². The van der Waals surface area contributed by atoms with Gasteiger partial charge in [-0.1, -0.05) is 43.7 Å². The first-order valence-electron chi connectivity index (χ1n) is 25.7. The highest BCUT2D eigenvalue weighted by atomic mass is 19.1. The summed E-state index contributed by atoms with van der Waals surface area (Å²) in [7, 11) is 0. The number of fused-ring (bicyclic) bond motifs is 5. The molecule has 4 aliphatic heterocycles. The number of pyridine rings is 2. The maximum atomic E-state index is 15.5. The number of hydrogen-bond donors (Lipinski definition) is 6. The number of imide groups is 1. The largest absolute Gasteiger partial charge is 0.458 e. The van der Waals surface area contributed by atoms with Crippen LogP contribution >= 0.6 is 0 Å². The molecule has 1 saturated heterocycles. The number of halogens is 1. The molecule has 22 nitrogen and oxygen atoms in total. The van der Waals surface area contributed by atoms with Crippen LogP contribution < -0.4 is 32.1 Å². The molecule has 404 valence electrons. The van der Waals surface area contributed by atoms with Crippen LogP contribution in [-0.4, -0.2) is 129 Å². The van der Waals surface area contributed by atoms with Gasteiger partial charge in [0.25, 0.3) is 23.3 Å². The normalized spacial score (nSPS) is 19.4. The molecule has 23 heteroatoms. The lowest BCUT2D eigenvalue weighted by atomic mass is 9.81. The van der Waals surface area contributed by atoms with Crippen LogP contribution in [0.2, 0.25) is 0 Å². The van der Waals surface area contributed by atoms with E-state index in [0.717, 1.165) is 16.0 Å². The summed E-state index contributed by atoms with van der Waals surface area (Å²) < 4.78 is 28.2. The van der Waals surface area contributed by atoms with Gasteiger partial charge in [-0.15, -0.1) is 0 Å². The zero-order valence-corrected chi connectivity index (χ0v) is 42.5. The number of unbranched alkanes of at least 4 members (excludes halogenated alkanes) is 2. The van der Waals surface area contributed by atoms with Crippen LogP contribution in [-0.2, 0) is 84.2 Å². The Morgan fingerprint density at radius 3 is 2.34 bits per heavy atom. The number of carbonyl (C=O) groups excluding carboxylic acids is 9. The molecule has 1 unspecified atom stereocenters. The molecule has 6 N–H and O–H groups in total. The van der Waals surface area contributed by atoms with Gasteiger partial charge in [0.15, 0.2) is 5.60 Å². The van der Waals surface area contributed by atoms with Crippen LogP contribution in [0.1, 0.15) is 96.9 Å². The van der Waals surface area contributed by atoms with E-state index in [2.05, 4.69) is 26.6 Å². The minimum Gasteiger partial charge on any atom is -0.458 e. The number of cyclic esters (lactones) is 1. The average Bonchev–Trinajstić information content (AvgIpc) is 4.29. The fourth-order valence-electron chi connectivity index (χ4n) is 10.8. The first kappa shape index (κ1) is 53.6. The fourth-order valence-corrected chi connectivity index (χ4v) is 10.8. The van der Waals surface area contributed by atoms with Gasteiger partial charge in [0, 0.05) is 67.1 Å². The van der Waals surface area contributed by atoms with Crippen LogP contribution in [0.5, 0.6) is 0 Å². The number of rotatable bonds is 21. The molecule has 5 aliphatic rings. The summed E-state index contributed by atoms with van der Waals surface area (Å²) in [5, 5.41) is 24.7. The van der Waals surface area contributed by atoms with Crippen molar-refractivity contribution in [3.05, 3.63) is 110 Å². The van der Waals surface area contributed by atoms with E-state index in [0.29, 0.717) is 71.1 Å². The van der Waals surface area contributed by atoms with Crippen molar-refractivity contribution in [1.82, 2.24) is 45.9 Å². The summed E-state index contributed by atoms with van der Waals surface area (Å²) in [6.07, 6.45) is 4.26. The third-order valence-corrected chi connectivity index (χ3v) is 14.9. The van der Waals surface area contributed by atoms with Gasteiger partial charge in [-0.05, 0) is 67.3 Å². The van der Waals surface area contributed by atoms with E-state index in [1.54, 1.807) is 55.1 Å². The monoisotopic (exact) mass is 1060 g/mol. The van der Waals surface area contributed by atoms with Gasteiger partial charge in [-0.3, -0.25) is 48.1 Å². The van der Waals surface area contributed by atoms with Crippen LogP contribution in [0.3, 0.4) is 0 Å². The lowest BCUT2D eigenvalue weighted by Crippen LogP contribution is -2.52. The van der Waals surface area contributed by atoms with Crippen LogP contribution in [0.25, 0.3) is 22.3 Å². The van der Waals surface area contributed by atoms with Crippen molar-refractivity contribution in [2.24, 2.45) is 0 Å². The molecule has 2 aromatic heterocycles. The molecule has 0 saturated carbocycles. The highest BCUT2D eigenvalue weighted by Gasteiger charge is 2.47. The minimum absolute atomic E-state index is 0.0417. The maximum Gasteiger partial charge on any atom is 0.343 e. The van der Waals surface area contributed by atoms with E-state index >= 15 is 4.39 Å². The topological polar surface area (TPSA) is 294 Å². The molecule has 1 fully saturated rings. The summed E-state index contributed by atoms with van der Waals surface area (Å²) in [6.45, 7) is 1.78. The lowest BCUT2D eigenvalue weighted by Gasteiger charge is -2.35. The predicted molar refractivity (Wildman–Crippen MR) is 270 cm³/mol. The second kappa shape index (κ2) is 22.6. The van der Waals surface area contributed by atoms with Gasteiger partial charge in [0.05, 0.1) is 54.7 Å². The number of hydrogen-bond acceptors (Lipinski definition) is 14. The molecule has 0 spiro atoms. The minimum atomic E-state index is -2.05. The number of nitrogens with zero attached hydrogens (tertiary/aromatic N) is 4. The Kier molecular flexibility index (Phi) is 15.7. The summed E-state index contributed by atoms with van der Waals surface area (Å²) in [5.41, 5.74) is 2.15. The van der Waals surface area contributed by atoms with Gasteiger partial charge in [-0.25, -0.2) is 14.2 Å². The molecule has 2 aromatic carbocycles. The van der Waals surface area contributed by atoms with Crippen molar-refractivity contribution in [3.8, 4) is 11.4 Å². The lowest BCUT2D eigenvalue weighted by molar-refractivity contribution is -0.172. The zero-order valence-electron chi connectivity index (χ0n) is 42.5. The van der Waals surface area contributed by atoms with Crippen molar-refractivity contribution in [2.45, 2.75) is 109 Å². The Balaban J connectivity index is 0.770. The van der Waals surface area contributed by atoms with Crippen molar-refractivity contribution in [1.29, 1.82) is 0 Å². The average molecular weight is 1060 g/mol. The zero-order chi connectivity index (χ0) is 54.7. The first-order chi connectivity index (χ1) is 37.0. The second-order valence-corrected chi connectivity index (χ2v) is 19.6. The summed E-state index contributed by atoms with van der Waals surface area (Å²) >= 11 is 0. The molecular weight excluding hydrogens is 1000 g/mol. The predicted octanol–water partition coefficient (Wildman–Crippen LogP) is 0.767.